The highest BCUT2D eigenvalue weighted by Crippen LogP contribution is 2.36. The normalized spacial score (nSPS) is 10.7. The zero-order valence-electron chi connectivity index (χ0n) is 10.4. The summed E-state index contributed by atoms with van der Waals surface area (Å²) >= 11 is 3.27. The molecule has 0 spiro atoms. The Bertz CT molecular complexity index is 634. The lowest BCUT2D eigenvalue weighted by Gasteiger charge is -2.09. The lowest BCUT2D eigenvalue weighted by atomic mass is 10.1. The van der Waals surface area contributed by atoms with Crippen molar-refractivity contribution in [3.63, 3.8) is 0 Å². The first-order chi connectivity index (χ1) is 9.49. The second-order valence-electron chi connectivity index (χ2n) is 4.28. The van der Waals surface area contributed by atoms with Gasteiger partial charge in [0.05, 0.1) is 0 Å². The highest BCUT2D eigenvalue weighted by molar-refractivity contribution is 9.10. The van der Waals surface area contributed by atoms with E-state index >= 15 is 0 Å². The molecule has 2 rings (SSSR count). The number of phenolic OH excluding ortho intramolecular Hbond substituents is 3. The van der Waals surface area contributed by atoms with Crippen LogP contribution in [0.15, 0.2) is 34.8 Å². The molecule has 0 fully saturated rings. The van der Waals surface area contributed by atoms with E-state index in [1.165, 1.54) is 18.2 Å². The van der Waals surface area contributed by atoms with Gasteiger partial charge in [0.15, 0.2) is 11.5 Å². The van der Waals surface area contributed by atoms with Gasteiger partial charge >= 0.3 is 0 Å². The zero-order chi connectivity index (χ0) is 14.7. The number of hydrogen-bond donors (Lipinski definition) is 4. The van der Waals surface area contributed by atoms with Gasteiger partial charge in [-0.05, 0) is 24.3 Å². The molecular formula is C14H13BrFNO3. The van der Waals surface area contributed by atoms with Crippen LogP contribution in [0.3, 0.4) is 0 Å². The van der Waals surface area contributed by atoms with E-state index in [0.29, 0.717) is 11.1 Å². The molecule has 106 valence electrons. The van der Waals surface area contributed by atoms with E-state index in [1.54, 1.807) is 12.1 Å². The van der Waals surface area contributed by atoms with Gasteiger partial charge in [0.25, 0.3) is 0 Å². The molecule has 0 heterocycles. The monoisotopic (exact) mass is 341 g/mol. The van der Waals surface area contributed by atoms with Gasteiger partial charge in [-0.25, -0.2) is 4.39 Å². The second kappa shape index (κ2) is 6.11. The van der Waals surface area contributed by atoms with Crippen molar-refractivity contribution in [1.29, 1.82) is 0 Å². The number of nitrogens with one attached hydrogen (secondary N) is 1. The van der Waals surface area contributed by atoms with Crippen molar-refractivity contribution in [1.82, 2.24) is 5.32 Å². The molecule has 20 heavy (non-hydrogen) atoms. The first kappa shape index (κ1) is 14.6. The van der Waals surface area contributed by atoms with E-state index in [9.17, 15) is 19.7 Å². The number of hydrogen-bond acceptors (Lipinski definition) is 4. The third kappa shape index (κ3) is 3.20. The number of aromatic hydroxyl groups is 3. The van der Waals surface area contributed by atoms with Crippen LogP contribution >= 0.6 is 15.9 Å². The van der Waals surface area contributed by atoms with Crippen LogP contribution in [0.4, 0.5) is 4.39 Å². The Morgan fingerprint density at radius 1 is 0.950 bits per heavy atom. The Kier molecular flexibility index (Phi) is 4.46. The quantitative estimate of drug-likeness (QED) is 0.645. The largest absolute Gasteiger partial charge is 0.504 e. The predicted octanol–water partition coefficient (Wildman–Crippen LogP) is 2.99. The summed E-state index contributed by atoms with van der Waals surface area (Å²) in [6.45, 7) is 0.498. The van der Waals surface area contributed by atoms with Crippen LogP contribution in [0.2, 0.25) is 0 Å². The van der Waals surface area contributed by atoms with Crippen molar-refractivity contribution < 1.29 is 19.7 Å². The summed E-state index contributed by atoms with van der Waals surface area (Å²) < 4.78 is 14.3. The number of halogens is 2. The highest BCUT2D eigenvalue weighted by atomic mass is 79.9. The molecule has 0 aliphatic carbocycles. The minimum atomic E-state index is -0.557. The van der Waals surface area contributed by atoms with Gasteiger partial charge < -0.3 is 20.6 Å². The molecular weight excluding hydrogens is 329 g/mol. The van der Waals surface area contributed by atoms with E-state index < -0.39 is 5.75 Å². The maximum absolute atomic E-state index is 13.5. The summed E-state index contributed by atoms with van der Waals surface area (Å²) in [6.07, 6.45) is 0. The molecule has 0 bridgehead atoms. The van der Waals surface area contributed by atoms with Gasteiger partial charge in [0.1, 0.15) is 5.82 Å². The average Bonchev–Trinajstić information content (AvgIpc) is 2.42. The molecule has 0 aliphatic rings. The number of rotatable bonds is 4. The molecule has 0 aliphatic heterocycles. The molecule has 0 radical (unpaired) electrons. The Morgan fingerprint density at radius 3 is 2.40 bits per heavy atom. The molecule has 4 nitrogen and oxygen atoms in total. The summed E-state index contributed by atoms with van der Waals surface area (Å²) in [7, 11) is 0. The molecule has 0 amide bonds. The van der Waals surface area contributed by atoms with Crippen LogP contribution in [0.5, 0.6) is 17.2 Å². The number of benzene rings is 2. The maximum Gasteiger partial charge on any atom is 0.200 e. The average molecular weight is 342 g/mol. The van der Waals surface area contributed by atoms with Crippen LogP contribution in [0.25, 0.3) is 0 Å². The van der Waals surface area contributed by atoms with Crippen LogP contribution in [-0.4, -0.2) is 15.3 Å². The molecule has 0 saturated carbocycles. The fraction of sp³-hybridized carbons (Fsp3) is 0.143. The fourth-order valence-electron chi connectivity index (χ4n) is 1.76. The Balaban J connectivity index is 2.03. The first-order valence-electron chi connectivity index (χ1n) is 5.86. The van der Waals surface area contributed by atoms with Crippen LogP contribution in [0, 0.1) is 5.82 Å². The lowest BCUT2D eigenvalue weighted by Crippen LogP contribution is -2.13. The van der Waals surface area contributed by atoms with Gasteiger partial charge in [-0.3, -0.25) is 0 Å². The molecule has 6 heteroatoms. The van der Waals surface area contributed by atoms with Crippen LogP contribution in [-0.2, 0) is 13.1 Å². The van der Waals surface area contributed by atoms with E-state index in [-0.39, 0.29) is 30.4 Å². The molecule has 2 aromatic rings. The van der Waals surface area contributed by atoms with Crippen molar-refractivity contribution in [2.24, 2.45) is 0 Å². The molecule has 4 N–H and O–H groups in total. The summed E-state index contributed by atoms with van der Waals surface area (Å²) in [5.74, 6) is -1.65. The van der Waals surface area contributed by atoms with Gasteiger partial charge in [-0.15, -0.1) is 0 Å². The molecule has 0 saturated heterocycles. The van der Waals surface area contributed by atoms with E-state index in [0.717, 1.165) is 4.47 Å². The van der Waals surface area contributed by atoms with Crippen molar-refractivity contribution in [2.75, 3.05) is 0 Å². The van der Waals surface area contributed by atoms with E-state index in [4.69, 9.17) is 0 Å². The molecule has 0 unspecified atom stereocenters. The van der Waals surface area contributed by atoms with Crippen molar-refractivity contribution >= 4 is 15.9 Å². The predicted molar refractivity (Wildman–Crippen MR) is 76.1 cm³/mol. The van der Waals surface area contributed by atoms with Gasteiger partial charge in [-0.2, -0.15) is 0 Å². The Morgan fingerprint density at radius 2 is 1.65 bits per heavy atom. The summed E-state index contributed by atoms with van der Waals surface area (Å²) in [6, 6.07) is 7.41. The SMILES string of the molecule is Oc1ccc(CNCc2cc(Br)ccc2F)c(O)c1O. The Labute approximate surface area is 123 Å². The van der Waals surface area contributed by atoms with Gasteiger partial charge in [0, 0.05) is 28.7 Å². The van der Waals surface area contributed by atoms with Crippen LogP contribution < -0.4 is 5.32 Å². The topological polar surface area (TPSA) is 72.7 Å². The van der Waals surface area contributed by atoms with Crippen LogP contribution in [0.1, 0.15) is 11.1 Å². The highest BCUT2D eigenvalue weighted by Gasteiger charge is 2.11. The maximum atomic E-state index is 13.5. The third-order valence-electron chi connectivity index (χ3n) is 2.85. The fourth-order valence-corrected chi connectivity index (χ4v) is 2.17. The Hall–Kier alpha value is -1.79. The first-order valence-corrected chi connectivity index (χ1v) is 6.65. The number of phenols is 3. The summed E-state index contributed by atoms with van der Waals surface area (Å²) in [5.41, 5.74) is 0.901. The minimum absolute atomic E-state index is 0.228. The molecule has 0 aromatic heterocycles. The second-order valence-corrected chi connectivity index (χ2v) is 5.20. The van der Waals surface area contributed by atoms with E-state index in [1.807, 2.05) is 0 Å². The van der Waals surface area contributed by atoms with E-state index in [2.05, 4.69) is 21.2 Å². The smallest absolute Gasteiger partial charge is 0.200 e. The molecule has 2 aromatic carbocycles. The van der Waals surface area contributed by atoms with Crippen molar-refractivity contribution in [3.8, 4) is 17.2 Å². The van der Waals surface area contributed by atoms with Crippen molar-refractivity contribution in [3.05, 3.63) is 51.7 Å². The van der Waals surface area contributed by atoms with Gasteiger partial charge in [0.2, 0.25) is 5.75 Å². The minimum Gasteiger partial charge on any atom is -0.504 e. The zero-order valence-corrected chi connectivity index (χ0v) is 12.0. The lowest BCUT2D eigenvalue weighted by molar-refractivity contribution is 0.364. The summed E-state index contributed by atoms with van der Waals surface area (Å²) in [5, 5.41) is 31.2. The molecule has 0 atom stereocenters. The third-order valence-corrected chi connectivity index (χ3v) is 3.35. The standard InChI is InChI=1S/C14H13BrFNO3/c15-10-2-3-11(16)9(5-10)7-17-6-8-1-4-12(18)14(20)13(8)19/h1-5,17-20H,6-7H2. The summed E-state index contributed by atoms with van der Waals surface area (Å²) in [4.78, 5) is 0. The van der Waals surface area contributed by atoms with Gasteiger partial charge in [-0.1, -0.05) is 22.0 Å². The van der Waals surface area contributed by atoms with Crippen molar-refractivity contribution in [2.45, 2.75) is 13.1 Å².